The summed E-state index contributed by atoms with van der Waals surface area (Å²) >= 11 is 6.06. The van der Waals surface area contributed by atoms with Gasteiger partial charge in [-0.3, -0.25) is 14.5 Å². The fourth-order valence-electron chi connectivity index (χ4n) is 3.41. The third-order valence-corrected chi connectivity index (χ3v) is 5.22. The van der Waals surface area contributed by atoms with Gasteiger partial charge in [0.2, 0.25) is 11.8 Å². The largest absolute Gasteiger partial charge is 0.340 e. The molecule has 0 unspecified atom stereocenters. The van der Waals surface area contributed by atoms with Crippen LogP contribution in [-0.4, -0.2) is 67.4 Å². The van der Waals surface area contributed by atoms with Crippen LogP contribution in [0.2, 0.25) is 5.02 Å². The molecule has 0 aliphatic carbocycles. The number of piperazine rings is 1. The molecule has 0 atom stereocenters. The molecule has 3 rings (SSSR count). The van der Waals surface area contributed by atoms with Crippen LogP contribution in [-0.2, 0) is 9.59 Å². The predicted molar refractivity (Wildman–Crippen MR) is 98.7 cm³/mol. The highest BCUT2D eigenvalue weighted by Crippen LogP contribution is 2.20. The van der Waals surface area contributed by atoms with Crippen LogP contribution in [0.25, 0.3) is 0 Å². The van der Waals surface area contributed by atoms with Crippen molar-refractivity contribution in [3.63, 3.8) is 0 Å². The summed E-state index contributed by atoms with van der Waals surface area (Å²) in [5, 5.41) is 6.67. The summed E-state index contributed by atoms with van der Waals surface area (Å²) in [6.07, 6.45) is 1.86. The van der Waals surface area contributed by atoms with Crippen molar-refractivity contribution in [1.29, 1.82) is 0 Å². The van der Waals surface area contributed by atoms with E-state index in [-0.39, 0.29) is 17.7 Å². The van der Waals surface area contributed by atoms with Gasteiger partial charge in [-0.25, -0.2) is 0 Å². The second-order valence-electron chi connectivity index (χ2n) is 6.65. The molecule has 2 aliphatic rings. The molecule has 0 saturated carbocycles. The highest BCUT2D eigenvalue weighted by Gasteiger charge is 2.28. The summed E-state index contributed by atoms with van der Waals surface area (Å²) < 4.78 is 0. The average Bonchev–Trinajstić information content (AvgIpc) is 2.64. The van der Waals surface area contributed by atoms with Gasteiger partial charge in [0.15, 0.2) is 0 Å². The number of amides is 2. The van der Waals surface area contributed by atoms with Gasteiger partial charge in [-0.05, 0) is 38.1 Å². The van der Waals surface area contributed by atoms with E-state index in [4.69, 9.17) is 11.6 Å². The summed E-state index contributed by atoms with van der Waals surface area (Å²) in [5.41, 5.74) is 0.633. The lowest BCUT2D eigenvalue weighted by molar-refractivity contribution is -0.138. The first kappa shape index (κ1) is 18.2. The summed E-state index contributed by atoms with van der Waals surface area (Å²) in [6.45, 7) is 5.03. The fourth-order valence-corrected chi connectivity index (χ4v) is 3.59. The van der Waals surface area contributed by atoms with Crippen LogP contribution in [0.5, 0.6) is 0 Å². The summed E-state index contributed by atoms with van der Waals surface area (Å²) in [5.74, 6) is 0.365. The van der Waals surface area contributed by atoms with Gasteiger partial charge in [-0.1, -0.05) is 23.7 Å². The first-order valence-corrected chi connectivity index (χ1v) is 9.27. The number of anilines is 1. The molecule has 2 amide bonds. The van der Waals surface area contributed by atoms with Gasteiger partial charge in [-0.15, -0.1) is 0 Å². The standard InChI is InChI=1S/C18H25ClN4O2/c19-15-3-1-2-4-16(15)21-17(24)13-22-9-11-23(12-10-22)18(25)14-5-7-20-8-6-14/h1-4,14,20H,5-13H2,(H,21,24). The van der Waals surface area contributed by atoms with Crippen LogP contribution in [0.15, 0.2) is 24.3 Å². The van der Waals surface area contributed by atoms with Crippen molar-refractivity contribution < 1.29 is 9.59 Å². The van der Waals surface area contributed by atoms with E-state index in [9.17, 15) is 9.59 Å². The molecule has 0 radical (unpaired) electrons. The number of carbonyl (C=O) groups excluding carboxylic acids is 2. The predicted octanol–water partition coefficient (Wildman–Crippen LogP) is 1.42. The van der Waals surface area contributed by atoms with Crippen LogP contribution in [0.4, 0.5) is 5.69 Å². The Balaban J connectivity index is 1.43. The van der Waals surface area contributed by atoms with Crippen molar-refractivity contribution in [2.24, 2.45) is 5.92 Å². The molecule has 2 saturated heterocycles. The maximum atomic E-state index is 12.5. The van der Waals surface area contributed by atoms with E-state index in [1.807, 2.05) is 17.0 Å². The Morgan fingerprint density at radius 1 is 1.12 bits per heavy atom. The molecule has 0 aromatic heterocycles. The fraction of sp³-hybridized carbons (Fsp3) is 0.556. The zero-order valence-corrected chi connectivity index (χ0v) is 15.1. The van der Waals surface area contributed by atoms with Gasteiger partial charge in [0.05, 0.1) is 17.3 Å². The average molecular weight is 365 g/mol. The molecule has 1 aromatic rings. The number of piperidine rings is 1. The van der Waals surface area contributed by atoms with Gasteiger partial charge in [0, 0.05) is 32.1 Å². The minimum atomic E-state index is -0.0776. The first-order valence-electron chi connectivity index (χ1n) is 8.90. The number of halogens is 1. The number of nitrogens with zero attached hydrogens (tertiary/aromatic N) is 2. The zero-order chi connectivity index (χ0) is 17.6. The molecule has 6 nitrogen and oxygen atoms in total. The quantitative estimate of drug-likeness (QED) is 0.848. The topological polar surface area (TPSA) is 64.7 Å². The Hall–Kier alpha value is -1.63. The summed E-state index contributed by atoms with van der Waals surface area (Å²) in [7, 11) is 0. The van der Waals surface area contributed by atoms with Crippen LogP contribution >= 0.6 is 11.6 Å². The second kappa shape index (κ2) is 8.65. The van der Waals surface area contributed by atoms with Crippen LogP contribution in [0, 0.1) is 5.92 Å². The lowest BCUT2D eigenvalue weighted by Gasteiger charge is -2.36. The Morgan fingerprint density at radius 3 is 2.48 bits per heavy atom. The summed E-state index contributed by atoms with van der Waals surface area (Å²) in [4.78, 5) is 28.8. The minimum absolute atomic E-state index is 0.0776. The van der Waals surface area contributed by atoms with E-state index in [2.05, 4.69) is 15.5 Å². The van der Waals surface area contributed by atoms with Crippen LogP contribution < -0.4 is 10.6 Å². The van der Waals surface area contributed by atoms with Crippen molar-refractivity contribution in [2.75, 3.05) is 51.1 Å². The van der Waals surface area contributed by atoms with Crippen LogP contribution in [0.3, 0.4) is 0 Å². The molecule has 0 bridgehead atoms. The first-order chi connectivity index (χ1) is 12.1. The monoisotopic (exact) mass is 364 g/mol. The van der Waals surface area contributed by atoms with Gasteiger partial charge in [0.1, 0.15) is 0 Å². The van der Waals surface area contributed by atoms with E-state index in [1.165, 1.54) is 0 Å². The SMILES string of the molecule is O=C(CN1CCN(C(=O)C2CCNCC2)CC1)Nc1ccccc1Cl. The molecule has 25 heavy (non-hydrogen) atoms. The molecule has 0 spiro atoms. The number of para-hydroxylation sites is 1. The highest BCUT2D eigenvalue weighted by molar-refractivity contribution is 6.33. The number of carbonyl (C=O) groups is 2. The second-order valence-corrected chi connectivity index (χ2v) is 7.06. The molecule has 7 heteroatoms. The van der Waals surface area contributed by atoms with Gasteiger partial charge < -0.3 is 15.5 Å². The van der Waals surface area contributed by atoms with Crippen molar-refractivity contribution in [3.8, 4) is 0 Å². The zero-order valence-electron chi connectivity index (χ0n) is 14.3. The van der Waals surface area contributed by atoms with E-state index in [1.54, 1.807) is 12.1 Å². The van der Waals surface area contributed by atoms with Crippen molar-refractivity contribution in [1.82, 2.24) is 15.1 Å². The lowest BCUT2D eigenvalue weighted by atomic mass is 9.96. The third kappa shape index (κ3) is 4.93. The van der Waals surface area contributed by atoms with Crippen molar-refractivity contribution in [2.45, 2.75) is 12.8 Å². The Bertz CT molecular complexity index is 611. The Labute approximate surface area is 153 Å². The molecule has 2 N–H and O–H groups in total. The minimum Gasteiger partial charge on any atom is -0.340 e. The molecule has 2 aliphatic heterocycles. The van der Waals surface area contributed by atoms with Gasteiger partial charge >= 0.3 is 0 Å². The summed E-state index contributed by atoms with van der Waals surface area (Å²) in [6, 6.07) is 7.21. The Morgan fingerprint density at radius 2 is 1.80 bits per heavy atom. The molecular formula is C18H25ClN4O2. The van der Waals surface area contributed by atoms with E-state index in [0.717, 1.165) is 39.0 Å². The maximum absolute atomic E-state index is 12.5. The number of hydrogen-bond donors (Lipinski definition) is 2. The normalized spacial score (nSPS) is 19.6. The van der Waals surface area contributed by atoms with Gasteiger partial charge in [-0.2, -0.15) is 0 Å². The lowest BCUT2D eigenvalue weighted by Crippen LogP contribution is -2.52. The molecule has 2 heterocycles. The van der Waals surface area contributed by atoms with Crippen molar-refractivity contribution >= 4 is 29.1 Å². The number of nitrogens with one attached hydrogen (secondary N) is 2. The van der Waals surface area contributed by atoms with Crippen LogP contribution in [0.1, 0.15) is 12.8 Å². The molecular weight excluding hydrogens is 340 g/mol. The number of rotatable bonds is 4. The molecule has 1 aromatic carbocycles. The Kier molecular flexibility index (Phi) is 6.29. The molecule has 2 fully saturated rings. The maximum Gasteiger partial charge on any atom is 0.238 e. The smallest absolute Gasteiger partial charge is 0.238 e. The number of hydrogen-bond acceptors (Lipinski definition) is 4. The van der Waals surface area contributed by atoms with E-state index < -0.39 is 0 Å². The third-order valence-electron chi connectivity index (χ3n) is 4.89. The highest BCUT2D eigenvalue weighted by atomic mass is 35.5. The number of benzene rings is 1. The van der Waals surface area contributed by atoms with E-state index >= 15 is 0 Å². The van der Waals surface area contributed by atoms with E-state index in [0.29, 0.717) is 30.3 Å². The molecule has 136 valence electrons. The van der Waals surface area contributed by atoms with Crippen molar-refractivity contribution in [3.05, 3.63) is 29.3 Å². The van der Waals surface area contributed by atoms with Gasteiger partial charge in [0.25, 0.3) is 0 Å².